The first-order chi connectivity index (χ1) is 9.50. The van der Waals surface area contributed by atoms with Crippen molar-refractivity contribution in [2.45, 2.75) is 6.92 Å². The van der Waals surface area contributed by atoms with Crippen LogP contribution in [0.25, 0.3) is 5.69 Å². The van der Waals surface area contributed by atoms with Gasteiger partial charge in [-0.2, -0.15) is 5.10 Å². The maximum atomic E-state index is 11.8. The van der Waals surface area contributed by atoms with E-state index in [0.29, 0.717) is 16.4 Å². The van der Waals surface area contributed by atoms with Crippen molar-refractivity contribution in [2.24, 2.45) is 5.92 Å². The number of carbonyl (C=O) groups is 2. The molecule has 0 aliphatic carbocycles. The molecule has 0 aliphatic rings. The summed E-state index contributed by atoms with van der Waals surface area (Å²) >= 11 is 6.12. The summed E-state index contributed by atoms with van der Waals surface area (Å²) < 4.78 is 1.50. The van der Waals surface area contributed by atoms with Gasteiger partial charge in [0.25, 0.3) is 0 Å². The summed E-state index contributed by atoms with van der Waals surface area (Å²) in [7, 11) is 0. The molecular weight excluding hydrogens is 282 g/mol. The lowest BCUT2D eigenvalue weighted by Crippen LogP contribution is -2.27. The summed E-state index contributed by atoms with van der Waals surface area (Å²) in [6.07, 6.45) is 3.26. The van der Waals surface area contributed by atoms with Crippen molar-refractivity contribution in [3.8, 4) is 5.69 Å². The lowest BCUT2D eigenvalue weighted by molar-refractivity contribution is -0.144. The Kier molecular flexibility index (Phi) is 4.05. The van der Waals surface area contributed by atoms with Crippen LogP contribution < -0.4 is 5.32 Å². The van der Waals surface area contributed by atoms with Crippen LogP contribution in [0.2, 0.25) is 5.02 Å². The number of nitrogens with zero attached hydrogens (tertiary/aromatic N) is 2. The number of benzene rings is 1. The van der Waals surface area contributed by atoms with Gasteiger partial charge in [0.15, 0.2) is 0 Å². The van der Waals surface area contributed by atoms with E-state index < -0.39 is 17.8 Å². The van der Waals surface area contributed by atoms with E-state index >= 15 is 0 Å². The van der Waals surface area contributed by atoms with Crippen molar-refractivity contribution in [1.82, 2.24) is 9.78 Å². The zero-order chi connectivity index (χ0) is 14.7. The van der Waals surface area contributed by atoms with Gasteiger partial charge in [-0.05, 0) is 25.1 Å². The SMILES string of the molecule is CC(C(=O)O)C(=O)Nc1cccc(Cl)c1-n1cccn1. The minimum Gasteiger partial charge on any atom is -0.481 e. The quantitative estimate of drug-likeness (QED) is 0.846. The highest BCUT2D eigenvalue weighted by Gasteiger charge is 2.22. The Morgan fingerprint density at radius 2 is 2.15 bits per heavy atom. The smallest absolute Gasteiger partial charge is 0.315 e. The second-order valence-electron chi connectivity index (χ2n) is 4.14. The van der Waals surface area contributed by atoms with E-state index in [2.05, 4.69) is 10.4 Å². The average Bonchev–Trinajstić information content (AvgIpc) is 2.91. The highest BCUT2D eigenvalue weighted by Crippen LogP contribution is 2.28. The third kappa shape index (κ3) is 2.80. The number of carboxylic acid groups (broad SMARTS) is 1. The average molecular weight is 294 g/mol. The molecule has 0 fully saturated rings. The molecule has 2 N–H and O–H groups in total. The summed E-state index contributed by atoms with van der Waals surface area (Å²) in [5.74, 6) is -2.96. The molecule has 1 unspecified atom stereocenters. The molecule has 1 amide bonds. The predicted octanol–water partition coefficient (Wildman–Crippen LogP) is 2.18. The Labute approximate surface area is 120 Å². The van der Waals surface area contributed by atoms with Crippen LogP contribution in [0.4, 0.5) is 5.69 Å². The molecule has 0 aliphatic heterocycles. The van der Waals surface area contributed by atoms with Gasteiger partial charge in [-0.15, -0.1) is 0 Å². The van der Waals surface area contributed by atoms with E-state index in [9.17, 15) is 9.59 Å². The summed E-state index contributed by atoms with van der Waals surface area (Å²) in [5.41, 5.74) is 0.893. The molecule has 6 nitrogen and oxygen atoms in total. The minimum atomic E-state index is -1.19. The molecule has 104 valence electrons. The molecule has 0 saturated heterocycles. The van der Waals surface area contributed by atoms with Crippen molar-refractivity contribution < 1.29 is 14.7 Å². The number of rotatable bonds is 4. The van der Waals surface area contributed by atoms with E-state index in [1.165, 1.54) is 11.6 Å². The lowest BCUT2D eigenvalue weighted by Gasteiger charge is -2.14. The first-order valence-corrected chi connectivity index (χ1v) is 6.20. The van der Waals surface area contributed by atoms with Gasteiger partial charge in [0.1, 0.15) is 11.6 Å². The van der Waals surface area contributed by atoms with Crippen LogP contribution in [0, 0.1) is 5.92 Å². The van der Waals surface area contributed by atoms with Crippen LogP contribution in [0.3, 0.4) is 0 Å². The van der Waals surface area contributed by atoms with Crippen molar-refractivity contribution >= 4 is 29.2 Å². The van der Waals surface area contributed by atoms with Gasteiger partial charge < -0.3 is 10.4 Å². The Morgan fingerprint density at radius 1 is 1.40 bits per heavy atom. The Hall–Kier alpha value is -2.34. The number of carboxylic acids is 1. The van der Waals surface area contributed by atoms with Gasteiger partial charge in [0.05, 0.1) is 10.7 Å². The third-order valence-corrected chi connectivity index (χ3v) is 3.05. The third-order valence-electron chi connectivity index (χ3n) is 2.74. The topological polar surface area (TPSA) is 84.2 Å². The fraction of sp³-hybridized carbons (Fsp3) is 0.154. The Bertz CT molecular complexity index is 640. The lowest BCUT2D eigenvalue weighted by atomic mass is 10.1. The molecule has 1 aromatic carbocycles. The molecule has 0 saturated carbocycles. The number of hydrogen-bond acceptors (Lipinski definition) is 3. The molecule has 0 radical (unpaired) electrons. The first kappa shape index (κ1) is 14.1. The number of hydrogen-bond donors (Lipinski definition) is 2. The van der Waals surface area contributed by atoms with Crippen LogP contribution in [-0.2, 0) is 9.59 Å². The zero-order valence-electron chi connectivity index (χ0n) is 10.6. The van der Waals surface area contributed by atoms with Gasteiger partial charge in [0.2, 0.25) is 5.91 Å². The number of aliphatic carboxylic acids is 1. The minimum absolute atomic E-state index is 0.398. The van der Waals surface area contributed by atoms with E-state index in [1.807, 2.05) is 0 Å². The van der Waals surface area contributed by atoms with Gasteiger partial charge in [-0.25, -0.2) is 4.68 Å². The zero-order valence-corrected chi connectivity index (χ0v) is 11.3. The maximum Gasteiger partial charge on any atom is 0.315 e. The highest BCUT2D eigenvalue weighted by molar-refractivity contribution is 6.33. The number of nitrogens with one attached hydrogen (secondary N) is 1. The van der Waals surface area contributed by atoms with E-state index in [0.717, 1.165) is 0 Å². The van der Waals surface area contributed by atoms with Crippen molar-refractivity contribution in [2.75, 3.05) is 5.32 Å². The number of amides is 1. The van der Waals surface area contributed by atoms with Crippen LogP contribution >= 0.6 is 11.6 Å². The summed E-state index contributed by atoms with van der Waals surface area (Å²) in [4.78, 5) is 22.6. The predicted molar refractivity (Wildman–Crippen MR) is 74.0 cm³/mol. The van der Waals surface area contributed by atoms with Crippen LogP contribution in [0.1, 0.15) is 6.92 Å². The van der Waals surface area contributed by atoms with Crippen molar-refractivity contribution in [1.29, 1.82) is 0 Å². The second kappa shape index (κ2) is 5.75. The molecule has 20 heavy (non-hydrogen) atoms. The fourth-order valence-electron chi connectivity index (χ4n) is 1.60. The van der Waals surface area contributed by atoms with Crippen molar-refractivity contribution in [3.63, 3.8) is 0 Å². The van der Waals surface area contributed by atoms with Crippen molar-refractivity contribution in [3.05, 3.63) is 41.7 Å². The van der Waals surface area contributed by atoms with Gasteiger partial charge in [0, 0.05) is 12.4 Å². The second-order valence-corrected chi connectivity index (χ2v) is 4.54. The molecule has 1 atom stereocenters. The Balaban J connectivity index is 2.36. The summed E-state index contributed by atoms with van der Waals surface area (Å²) in [6.45, 7) is 1.32. The number of carbonyl (C=O) groups excluding carboxylic acids is 1. The summed E-state index contributed by atoms with van der Waals surface area (Å²) in [6, 6.07) is 6.68. The Morgan fingerprint density at radius 3 is 2.75 bits per heavy atom. The van der Waals surface area contributed by atoms with Gasteiger partial charge >= 0.3 is 5.97 Å². The van der Waals surface area contributed by atoms with Crippen LogP contribution in [-0.4, -0.2) is 26.8 Å². The first-order valence-electron chi connectivity index (χ1n) is 5.83. The molecule has 2 aromatic rings. The molecule has 1 aromatic heterocycles. The standard InChI is InChI=1S/C13H12ClN3O3/c1-8(13(19)20)12(18)16-10-5-2-4-9(14)11(10)17-7-3-6-15-17/h2-8H,1H3,(H,16,18)(H,19,20). The number of anilines is 1. The van der Waals surface area contributed by atoms with Gasteiger partial charge in [-0.1, -0.05) is 17.7 Å². The molecular formula is C13H12ClN3O3. The monoisotopic (exact) mass is 293 g/mol. The van der Waals surface area contributed by atoms with Crippen LogP contribution in [0.15, 0.2) is 36.7 Å². The number of para-hydroxylation sites is 1. The molecule has 2 rings (SSSR count). The normalized spacial score (nSPS) is 11.9. The molecule has 7 heteroatoms. The molecule has 1 heterocycles. The number of aromatic nitrogens is 2. The van der Waals surface area contributed by atoms with E-state index in [4.69, 9.17) is 16.7 Å². The highest BCUT2D eigenvalue weighted by atomic mass is 35.5. The number of halogens is 1. The molecule has 0 bridgehead atoms. The summed E-state index contributed by atoms with van der Waals surface area (Å²) in [5, 5.41) is 15.8. The molecule has 0 spiro atoms. The largest absolute Gasteiger partial charge is 0.481 e. The maximum absolute atomic E-state index is 11.8. The fourth-order valence-corrected chi connectivity index (χ4v) is 1.86. The van der Waals surface area contributed by atoms with Crippen LogP contribution in [0.5, 0.6) is 0 Å². The van der Waals surface area contributed by atoms with Gasteiger partial charge in [-0.3, -0.25) is 9.59 Å². The van der Waals surface area contributed by atoms with E-state index in [-0.39, 0.29) is 0 Å². The van der Waals surface area contributed by atoms with E-state index in [1.54, 1.807) is 36.7 Å².